The summed E-state index contributed by atoms with van der Waals surface area (Å²) < 4.78 is 0. The fourth-order valence-corrected chi connectivity index (χ4v) is 7.14. The van der Waals surface area contributed by atoms with Crippen LogP contribution in [0.3, 0.4) is 0 Å². The summed E-state index contributed by atoms with van der Waals surface area (Å²) in [5, 5.41) is 39.4. The lowest BCUT2D eigenvalue weighted by Gasteiger charge is -2.21. The van der Waals surface area contributed by atoms with E-state index in [-0.39, 0.29) is 48.6 Å². The van der Waals surface area contributed by atoms with Crippen LogP contribution in [0.25, 0.3) is 12.2 Å². The Morgan fingerprint density at radius 2 is 1.66 bits per heavy atom. The molecule has 6 atom stereocenters. The number of hydrogen-bond donors (Lipinski definition) is 8. The molecule has 2 fully saturated rings. The Kier molecular flexibility index (Phi) is 10.7. The standard InChI is InChI=1S/C33H46N4O6S/c1-6-20-16(2)26(36-33(20)43)13-24-17(3)21(7-9-30(38)39)27(34-24)15-28-22(8-10-31(40)41)18(4)25(35-28)14-29-23(11-12-44)19(5)32(42)37-29/h6,14-16,19,23-24,26,32,34-35,37,42,44H,7-13H2,1-5H3,(H,36,43)(H,38,39)(H,40,41)/b20-6-,27-15-,29-14-/t16?,19-,23-,24?,26-,32?/m1/s1. The van der Waals surface area contributed by atoms with E-state index in [1.165, 1.54) is 0 Å². The Balaban J connectivity index is 1.72. The first-order valence-corrected chi connectivity index (χ1v) is 16.1. The molecule has 1 aromatic rings. The van der Waals surface area contributed by atoms with Crippen molar-refractivity contribution in [1.29, 1.82) is 0 Å². The van der Waals surface area contributed by atoms with E-state index in [1.54, 1.807) is 0 Å². The van der Waals surface area contributed by atoms with Gasteiger partial charge in [0.05, 0.1) is 0 Å². The van der Waals surface area contributed by atoms with Gasteiger partial charge in [-0.3, -0.25) is 14.4 Å². The number of aliphatic hydroxyl groups is 1. The second-order valence-corrected chi connectivity index (χ2v) is 12.7. The maximum Gasteiger partial charge on any atom is 0.303 e. The van der Waals surface area contributed by atoms with Crippen molar-refractivity contribution in [2.45, 2.75) is 91.5 Å². The Bertz CT molecular complexity index is 1420. The first-order chi connectivity index (χ1) is 20.9. The van der Waals surface area contributed by atoms with Crippen LogP contribution >= 0.6 is 12.6 Å². The topological polar surface area (TPSA) is 164 Å². The van der Waals surface area contributed by atoms with Gasteiger partial charge in [0.1, 0.15) is 6.23 Å². The molecule has 240 valence electrons. The van der Waals surface area contributed by atoms with Gasteiger partial charge in [0.25, 0.3) is 0 Å². The van der Waals surface area contributed by atoms with Crippen LogP contribution in [0.2, 0.25) is 0 Å². The number of allylic oxidation sites excluding steroid dienone is 3. The van der Waals surface area contributed by atoms with Crippen LogP contribution in [0, 0.1) is 24.7 Å². The number of nitrogens with one attached hydrogen (secondary N) is 4. The third kappa shape index (κ3) is 7.10. The molecule has 44 heavy (non-hydrogen) atoms. The van der Waals surface area contributed by atoms with Crippen molar-refractivity contribution in [3.8, 4) is 0 Å². The van der Waals surface area contributed by atoms with E-state index in [2.05, 4.69) is 33.6 Å². The Morgan fingerprint density at radius 1 is 0.977 bits per heavy atom. The Morgan fingerprint density at radius 3 is 2.27 bits per heavy atom. The molecule has 10 nitrogen and oxygen atoms in total. The van der Waals surface area contributed by atoms with E-state index >= 15 is 0 Å². The highest BCUT2D eigenvalue weighted by Gasteiger charge is 2.38. The number of rotatable bonds is 12. The Hall–Kier alpha value is -3.44. The van der Waals surface area contributed by atoms with Crippen molar-refractivity contribution in [2.75, 3.05) is 5.75 Å². The van der Waals surface area contributed by atoms with Gasteiger partial charge in [0, 0.05) is 71.0 Å². The monoisotopic (exact) mass is 626 g/mol. The Labute approximate surface area is 264 Å². The number of carboxylic acid groups (broad SMARTS) is 2. The van der Waals surface area contributed by atoms with Gasteiger partial charge in [0.15, 0.2) is 0 Å². The van der Waals surface area contributed by atoms with Gasteiger partial charge in [-0.05, 0) is 86.6 Å². The van der Waals surface area contributed by atoms with Crippen LogP contribution < -0.4 is 16.0 Å². The first kappa shape index (κ1) is 33.5. The van der Waals surface area contributed by atoms with Crippen LogP contribution in [-0.2, 0) is 20.8 Å². The SMILES string of the molecule is C/C=C1\C(=O)N[C@H](CC2N/C(=C\c3[nH]c(/C=C4\NC(O)[C@H](C)[C@H]4CCS)c(C)c3CCC(=O)O)C(CCC(=O)O)=C2C)C1C. The minimum absolute atomic E-state index is 0.0244. The third-order valence-corrected chi connectivity index (χ3v) is 9.89. The van der Waals surface area contributed by atoms with Crippen molar-refractivity contribution in [3.05, 3.63) is 56.7 Å². The number of thiol groups is 1. The summed E-state index contributed by atoms with van der Waals surface area (Å²) in [6.07, 6.45) is 7.22. The summed E-state index contributed by atoms with van der Waals surface area (Å²) in [6, 6.07) is -0.151. The van der Waals surface area contributed by atoms with Crippen LogP contribution in [0.4, 0.5) is 0 Å². The molecule has 11 heteroatoms. The molecule has 0 aliphatic carbocycles. The molecular formula is C33H46N4O6S. The summed E-state index contributed by atoms with van der Waals surface area (Å²) in [5.74, 6) is -0.947. The average molecular weight is 627 g/mol. The maximum atomic E-state index is 12.5. The predicted molar refractivity (Wildman–Crippen MR) is 174 cm³/mol. The highest BCUT2D eigenvalue weighted by molar-refractivity contribution is 7.80. The molecule has 1 amide bonds. The van der Waals surface area contributed by atoms with E-state index in [0.29, 0.717) is 25.0 Å². The molecule has 3 aliphatic rings. The molecular weight excluding hydrogens is 580 g/mol. The van der Waals surface area contributed by atoms with Crippen LogP contribution in [0.1, 0.15) is 82.3 Å². The minimum Gasteiger partial charge on any atom is -0.481 e. The molecule has 3 unspecified atom stereocenters. The number of carboxylic acids is 2. The lowest BCUT2D eigenvalue weighted by Crippen LogP contribution is -2.36. The molecule has 0 radical (unpaired) electrons. The number of hydrogen-bond acceptors (Lipinski definition) is 7. The smallest absolute Gasteiger partial charge is 0.303 e. The normalized spacial score (nSPS) is 29.5. The van der Waals surface area contributed by atoms with E-state index in [0.717, 1.165) is 57.0 Å². The van der Waals surface area contributed by atoms with Crippen molar-refractivity contribution < 1.29 is 29.7 Å². The zero-order valence-electron chi connectivity index (χ0n) is 26.2. The van der Waals surface area contributed by atoms with Gasteiger partial charge in [-0.15, -0.1) is 0 Å². The highest BCUT2D eigenvalue weighted by atomic mass is 32.1. The van der Waals surface area contributed by atoms with Gasteiger partial charge in [0.2, 0.25) is 5.91 Å². The summed E-state index contributed by atoms with van der Waals surface area (Å²) in [4.78, 5) is 39.1. The van der Waals surface area contributed by atoms with Crippen molar-refractivity contribution in [1.82, 2.24) is 20.9 Å². The number of aliphatic carboxylic acids is 2. The lowest BCUT2D eigenvalue weighted by atomic mass is 9.90. The summed E-state index contributed by atoms with van der Waals surface area (Å²) >= 11 is 4.41. The molecule has 1 aromatic heterocycles. The minimum atomic E-state index is -0.891. The van der Waals surface area contributed by atoms with Gasteiger partial charge in [-0.2, -0.15) is 12.6 Å². The van der Waals surface area contributed by atoms with E-state index < -0.39 is 18.2 Å². The largest absolute Gasteiger partial charge is 0.481 e. The van der Waals surface area contributed by atoms with Crippen LogP contribution in [0.5, 0.6) is 0 Å². The van der Waals surface area contributed by atoms with E-state index in [9.17, 15) is 29.7 Å². The molecule has 0 bridgehead atoms. The van der Waals surface area contributed by atoms with Gasteiger partial charge in [-0.1, -0.05) is 19.9 Å². The number of carbonyl (C=O) groups is 3. The maximum absolute atomic E-state index is 12.5. The fourth-order valence-electron chi connectivity index (χ4n) is 6.86. The number of carbonyl (C=O) groups excluding carboxylic acids is 1. The number of H-pyrrole nitrogens is 1. The number of aliphatic hydroxyl groups excluding tert-OH is 1. The highest BCUT2D eigenvalue weighted by Crippen LogP contribution is 2.37. The predicted octanol–water partition coefficient (Wildman–Crippen LogP) is 4.14. The fraction of sp³-hybridized carbons (Fsp3) is 0.545. The second-order valence-electron chi connectivity index (χ2n) is 12.3. The quantitative estimate of drug-likeness (QED) is 0.127. The number of aromatic nitrogens is 1. The lowest BCUT2D eigenvalue weighted by molar-refractivity contribution is -0.138. The van der Waals surface area contributed by atoms with E-state index in [4.69, 9.17) is 0 Å². The van der Waals surface area contributed by atoms with Crippen LogP contribution in [0.15, 0.2) is 34.2 Å². The molecule has 0 spiro atoms. The molecule has 0 aromatic carbocycles. The first-order valence-electron chi connectivity index (χ1n) is 15.4. The van der Waals surface area contributed by atoms with Crippen LogP contribution in [-0.4, -0.2) is 62.2 Å². The molecule has 7 N–H and O–H groups in total. The van der Waals surface area contributed by atoms with Gasteiger partial charge >= 0.3 is 11.9 Å². The zero-order chi connectivity index (χ0) is 32.3. The van der Waals surface area contributed by atoms with Crippen molar-refractivity contribution >= 4 is 42.6 Å². The number of amides is 1. The zero-order valence-corrected chi connectivity index (χ0v) is 27.1. The summed E-state index contributed by atoms with van der Waals surface area (Å²) in [6.45, 7) is 9.89. The van der Waals surface area contributed by atoms with E-state index in [1.807, 2.05) is 52.8 Å². The summed E-state index contributed by atoms with van der Waals surface area (Å²) in [7, 11) is 0. The van der Waals surface area contributed by atoms with Crippen molar-refractivity contribution in [2.24, 2.45) is 17.8 Å². The molecule has 4 heterocycles. The molecule has 3 aliphatic heterocycles. The summed E-state index contributed by atoms with van der Waals surface area (Å²) in [5.41, 5.74) is 7.83. The second kappa shape index (κ2) is 14.1. The molecule has 4 rings (SSSR count). The third-order valence-electron chi connectivity index (χ3n) is 9.63. The molecule has 0 saturated carbocycles. The molecule has 2 saturated heterocycles. The van der Waals surface area contributed by atoms with Gasteiger partial charge < -0.3 is 36.3 Å². The van der Waals surface area contributed by atoms with Gasteiger partial charge in [-0.25, -0.2) is 0 Å². The number of aromatic amines is 1. The average Bonchev–Trinajstić information content (AvgIpc) is 3.60. The van der Waals surface area contributed by atoms with Crippen molar-refractivity contribution in [3.63, 3.8) is 0 Å².